The van der Waals surface area contributed by atoms with Crippen molar-refractivity contribution in [3.05, 3.63) is 67.0 Å². The molecule has 31 heavy (non-hydrogen) atoms. The second-order valence-electron chi connectivity index (χ2n) is 8.19. The van der Waals surface area contributed by atoms with Crippen molar-refractivity contribution < 1.29 is 14.3 Å². The van der Waals surface area contributed by atoms with Crippen LogP contribution in [-0.4, -0.2) is 65.5 Å². The van der Waals surface area contributed by atoms with Gasteiger partial charge in [0.05, 0.1) is 5.92 Å². The van der Waals surface area contributed by atoms with Crippen LogP contribution in [0.25, 0.3) is 11.1 Å². The van der Waals surface area contributed by atoms with Crippen molar-refractivity contribution >= 4 is 11.8 Å². The summed E-state index contributed by atoms with van der Waals surface area (Å²) in [5.74, 6) is -0.177. The molecular formula is C25H29N3O3. The van der Waals surface area contributed by atoms with E-state index in [1.807, 2.05) is 21.9 Å². The van der Waals surface area contributed by atoms with Crippen molar-refractivity contribution in [2.24, 2.45) is 5.92 Å². The molecule has 4 rings (SSSR count). The van der Waals surface area contributed by atoms with Gasteiger partial charge in [-0.05, 0) is 48.1 Å². The molecule has 6 heteroatoms. The number of benzene rings is 1. The Bertz CT molecular complexity index is 907. The molecule has 162 valence electrons. The monoisotopic (exact) mass is 419 g/mol. The second-order valence-corrected chi connectivity index (χ2v) is 8.19. The van der Waals surface area contributed by atoms with Crippen molar-refractivity contribution in [2.75, 3.05) is 32.8 Å². The van der Waals surface area contributed by atoms with Gasteiger partial charge in [-0.3, -0.25) is 14.6 Å². The van der Waals surface area contributed by atoms with Gasteiger partial charge in [-0.25, -0.2) is 0 Å². The summed E-state index contributed by atoms with van der Waals surface area (Å²) in [6, 6.07) is 12.2. The van der Waals surface area contributed by atoms with Crippen LogP contribution in [0.15, 0.2) is 61.4 Å². The molecule has 0 bridgehead atoms. The highest BCUT2D eigenvalue weighted by atomic mass is 16.5. The summed E-state index contributed by atoms with van der Waals surface area (Å²) in [7, 11) is 0. The molecule has 2 aromatic rings. The van der Waals surface area contributed by atoms with Crippen LogP contribution in [-0.2, 0) is 20.7 Å². The van der Waals surface area contributed by atoms with Crippen LogP contribution in [0.3, 0.4) is 0 Å². The second kappa shape index (κ2) is 9.88. The van der Waals surface area contributed by atoms with Gasteiger partial charge in [0.1, 0.15) is 6.10 Å². The van der Waals surface area contributed by atoms with E-state index in [2.05, 4.69) is 35.8 Å². The fourth-order valence-corrected chi connectivity index (χ4v) is 4.37. The number of carbonyl (C=O) groups excluding carboxylic acids is 2. The van der Waals surface area contributed by atoms with E-state index in [1.165, 1.54) is 0 Å². The van der Waals surface area contributed by atoms with E-state index in [4.69, 9.17) is 4.74 Å². The molecule has 0 spiro atoms. The molecule has 2 aliphatic rings. The molecule has 0 N–H and O–H groups in total. The van der Waals surface area contributed by atoms with Gasteiger partial charge in [0, 0.05) is 45.2 Å². The third kappa shape index (κ3) is 5.02. The van der Waals surface area contributed by atoms with Crippen LogP contribution in [0.5, 0.6) is 0 Å². The molecule has 6 nitrogen and oxygen atoms in total. The van der Waals surface area contributed by atoms with Crippen molar-refractivity contribution in [3.8, 4) is 11.1 Å². The molecule has 0 unspecified atom stereocenters. The zero-order chi connectivity index (χ0) is 21.6. The molecule has 1 aromatic carbocycles. The Morgan fingerprint density at radius 3 is 2.55 bits per heavy atom. The lowest BCUT2D eigenvalue weighted by molar-refractivity contribution is -0.141. The number of hydrogen-bond donors (Lipinski definition) is 0. The standard InChI is InChI=1S/C25H29N3O3/c1-2-13-27-14-15-28(25(30)23-4-3-16-31-23)18-22(24(27)29)17-19-5-7-20(8-6-19)21-9-11-26-12-10-21/h2,5-12,22-23H,1,3-4,13-18H2/t22-,23+/m0/s1. The maximum Gasteiger partial charge on any atom is 0.251 e. The van der Waals surface area contributed by atoms with Crippen LogP contribution in [0.4, 0.5) is 0 Å². The van der Waals surface area contributed by atoms with Crippen molar-refractivity contribution in [2.45, 2.75) is 25.4 Å². The summed E-state index contributed by atoms with van der Waals surface area (Å²) in [6.07, 6.45) is 7.22. The van der Waals surface area contributed by atoms with Crippen molar-refractivity contribution in [1.29, 1.82) is 0 Å². The minimum absolute atomic E-state index is 0.0174. The molecule has 1 aromatic heterocycles. The lowest BCUT2D eigenvalue weighted by Gasteiger charge is -2.25. The van der Waals surface area contributed by atoms with Gasteiger partial charge in [0.2, 0.25) is 5.91 Å². The Morgan fingerprint density at radius 2 is 1.87 bits per heavy atom. The van der Waals surface area contributed by atoms with Crippen LogP contribution in [0, 0.1) is 5.92 Å². The summed E-state index contributed by atoms with van der Waals surface area (Å²) < 4.78 is 5.61. The number of amides is 2. The Morgan fingerprint density at radius 1 is 1.13 bits per heavy atom. The maximum atomic E-state index is 13.2. The highest BCUT2D eigenvalue weighted by molar-refractivity contribution is 5.84. The van der Waals surface area contributed by atoms with Crippen LogP contribution in [0.2, 0.25) is 0 Å². The Labute approximate surface area is 183 Å². The van der Waals surface area contributed by atoms with Gasteiger partial charge >= 0.3 is 0 Å². The molecule has 0 radical (unpaired) electrons. The predicted octanol–water partition coefficient (Wildman–Crippen LogP) is 2.94. The van der Waals surface area contributed by atoms with Crippen molar-refractivity contribution in [1.82, 2.24) is 14.8 Å². The van der Waals surface area contributed by atoms with E-state index in [9.17, 15) is 9.59 Å². The Kier molecular flexibility index (Phi) is 6.77. The number of aromatic nitrogens is 1. The number of pyridine rings is 1. The van der Waals surface area contributed by atoms with Gasteiger partial charge in [-0.2, -0.15) is 0 Å². The van der Waals surface area contributed by atoms with Crippen LogP contribution < -0.4 is 0 Å². The highest BCUT2D eigenvalue weighted by Crippen LogP contribution is 2.23. The SMILES string of the molecule is C=CCN1CCN(C(=O)[C@H]2CCCO2)C[C@H](Cc2ccc(-c3ccncc3)cc2)C1=O. The number of hydrogen-bond acceptors (Lipinski definition) is 4. The lowest BCUT2D eigenvalue weighted by Crippen LogP contribution is -2.42. The molecular weight excluding hydrogens is 390 g/mol. The third-order valence-corrected chi connectivity index (χ3v) is 6.06. The maximum absolute atomic E-state index is 13.2. The zero-order valence-electron chi connectivity index (χ0n) is 17.8. The highest BCUT2D eigenvalue weighted by Gasteiger charge is 2.35. The Balaban J connectivity index is 1.51. The summed E-state index contributed by atoms with van der Waals surface area (Å²) >= 11 is 0. The normalized spacial score (nSPS) is 21.7. The largest absolute Gasteiger partial charge is 0.368 e. The average Bonchev–Trinajstić information content (AvgIpc) is 3.30. The van der Waals surface area contributed by atoms with Crippen LogP contribution >= 0.6 is 0 Å². The summed E-state index contributed by atoms with van der Waals surface area (Å²) in [5.41, 5.74) is 3.31. The first-order valence-corrected chi connectivity index (χ1v) is 10.9. The molecule has 2 saturated heterocycles. The first-order chi connectivity index (χ1) is 15.2. The lowest BCUT2D eigenvalue weighted by atomic mass is 9.95. The molecule has 2 aliphatic heterocycles. The van der Waals surface area contributed by atoms with E-state index >= 15 is 0 Å². The Hall–Kier alpha value is -2.99. The number of carbonyl (C=O) groups is 2. The average molecular weight is 420 g/mol. The fraction of sp³-hybridized carbons (Fsp3) is 0.400. The van der Waals surface area contributed by atoms with Gasteiger partial charge in [-0.1, -0.05) is 30.3 Å². The van der Waals surface area contributed by atoms with E-state index in [-0.39, 0.29) is 23.8 Å². The summed E-state index contributed by atoms with van der Waals surface area (Å²) in [6.45, 7) is 6.42. The molecule has 2 amide bonds. The van der Waals surface area contributed by atoms with Gasteiger partial charge in [-0.15, -0.1) is 6.58 Å². The molecule has 2 fully saturated rings. The summed E-state index contributed by atoms with van der Waals surface area (Å²) in [4.78, 5) is 33.9. The first kappa shape index (κ1) is 21.2. The van der Waals surface area contributed by atoms with Crippen molar-refractivity contribution in [3.63, 3.8) is 0 Å². The molecule has 0 aliphatic carbocycles. The van der Waals surface area contributed by atoms with E-state index in [0.29, 0.717) is 39.2 Å². The van der Waals surface area contributed by atoms with E-state index in [1.54, 1.807) is 18.5 Å². The fourth-order valence-electron chi connectivity index (χ4n) is 4.37. The molecule has 2 atom stereocenters. The number of nitrogens with zero attached hydrogens (tertiary/aromatic N) is 3. The summed E-state index contributed by atoms with van der Waals surface area (Å²) in [5, 5.41) is 0. The number of ether oxygens (including phenoxy) is 1. The minimum atomic E-state index is -0.360. The van der Waals surface area contributed by atoms with E-state index < -0.39 is 0 Å². The van der Waals surface area contributed by atoms with Gasteiger partial charge < -0.3 is 14.5 Å². The smallest absolute Gasteiger partial charge is 0.251 e. The quantitative estimate of drug-likeness (QED) is 0.676. The molecule has 0 saturated carbocycles. The first-order valence-electron chi connectivity index (χ1n) is 10.9. The topological polar surface area (TPSA) is 62.7 Å². The third-order valence-electron chi connectivity index (χ3n) is 6.06. The predicted molar refractivity (Wildman–Crippen MR) is 119 cm³/mol. The number of rotatable bonds is 6. The van der Waals surface area contributed by atoms with Gasteiger partial charge in [0.15, 0.2) is 0 Å². The van der Waals surface area contributed by atoms with Gasteiger partial charge in [0.25, 0.3) is 5.91 Å². The molecule has 3 heterocycles. The van der Waals surface area contributed by atoms with E-state index in [0.717, 1.165) is 29.5 Å². The zero-order valence-corrected chi connectivity index (χ0v) is 17.8. The minimum Gasteiger partial charge on any atom is -0.368 e. The van der Waals surface area contributed by atoms with Crippen LogP contribution in [0.1, 0.15) is 18.4 Å².